The highest BCUT2D eigenvalue weighted by molar-refractivity contribution is 6.01. The molecule has 0 aromatic heterocycles. The Kier molecular flexibility index (Phi) is 2.49. The van der Waals surface area contributed by atoms with Gasteiger partial charge in [-0.2, -0.15) is 0 Å². The number of benzene rings is 1. The number of hydrogen-bond acceptors (Lipinski definition) is 2. The first-order chi connectivity index (χ1) is 7.86. The fraction of sp³-hybridized carbons (Fsp3) is 0.333. The summed E-state index contributed by atoms with van der Waals surface area (Å²) >= 11 is 0. The molecule has 1 fully saturated rings. The van der Waals surface area contributed by atoms with E-state index in [0.29, 0.717) is 0 Å². The predicted octanol–water partition coefficient (Wildman–Crippen LogP) is 1.96. The first kappa shape index (κ1) is 11.7. The van der Waals surface area contributed by atoms with E-state index in [9.17, 15) is 18.4 Å². The van der Waals surface area contributed by atoms with Crippen LogP contribution in [0.1, 0.15) is 24.0 Å². The summed E-state index contributed by atoms with van der Waals surface area (Å²) in [5.41, 5.74) is -1.72. The number of carboxylic acid groups (broad SMARTS) is 1. The average Bonchev–Trinajstić information content (AvgIpc) is 2.18. The molecule has 1 aliphatic carbocycles. The highest BCUT2D eigenvalue weighted by atomic mass is 19.1. The Morgan fingerprint density at radius 3 is 2.35 bits per heavy atom. The molecule has 90 valence electrons. The monoisotopic (exact) mass is 240 g/mol. The Bertz CT molecular complexity index is 515. The molecule has 5 heteroatoms. The van der Waals surface area contributed by atoms with Crippen LogP contribution in [0, 0.1) is 18.6 Å². The minimum absolute atomic E-state index is 0.109. The van der Waals surface area contributed by atoms with Gasteiger partial charge >= 0.3 is 5.97 Å². The summed E-state index contributed by atoms with van der Waals surface area (Å²) in [4.78, 5) is 22.1. The first-order valence-electron chi connectivity index (χ1n) is 5.08. The van der Waals surface area contributed by atoms with Crippen molar-refractivity contribution in [2.45, 2.75) is 25.2 Å². The molecule has 0 radical (unpaired) electrons. The van der Waals surface area contributed by atoms with Gasteiger partial charge in [-0.3, -0.25) is 9.59 Å². The molecule has 0 aliphatic heterocycles. The van der Waals surface area contributed by atoms with Gasteiger partial charge in [-0.05, 0) is 24.6 Å². The maximum atomic E-state index is 13.7. The third-order valence-electron chi connectivity index (χ3n) is 3.17. The van der Waals surface area contributed by atoms with E-state index < -0.39 is 23.0 Å². The lowest BCUT2D eigenvalue weighted by molar-refractivity contribution is -0.153. The Hall–Kier alpha value is -1.78. The molecule has 0 amide bonds. The van der Waals surface area contributed by atoms with Crippen molar-refractivity contribution >= 4 is 11.8 Å². The maximum absolute atomic E-state index is 13.7. The van der Waals surface area contributed by atoms with Gasteiger partial charge in [0.1, 0.15) is 22.8 Å². The first-order valence-corrected chi connectivity index (χ1v) is 5.08. The molecular weight excluding hydrogens is 230 g/mol. The molecule has 1 aromatic carbocycles. The van der Waals surface area contributed by atoms with Crippen LogP contribution in [-0.4, -0.2) is 16.9 Å². The second kappa shape index (κ2) is 3.61. The second-order valence-electron chi connectivity index (χ2n) is 4.36. The van der Waals surface area contributed by atoms with Crippen LogP contribution in [0.3, 0.4) is 0 Å². The van der Waals surface area contributed by atoms with Crippen molar-refractivity contribution < 1.29 is 23.5 Å². The van der Waals surface area contributed by atoms with E-state index in [0.717, 1.165) is 12.1 Å². The number of hydrogen-bond donors (Lipinski definition) is 1. The van der Waals surface area contributed by atoms with E-state index in [2.05, 4.69) is 0 Å². The highest BCUT2D eigenvalue weighted by Crippen LogP contribution is 2.43. The Labute approximate surface area is 96.1 Å². The molecule has 1 N–H and O–H groups in total. The Morgan fingerprint density at radius 2 is 1.88 bits per heavy atom. The van der Waals surface area contributed by atoms with E-state index in [1.54, 1.807) is 0 Å². The molecule has 0 saturated heterocycles. The summed E-state index contributed by atoms with van der Waals surface area (Å²) in [5.74, 6) is -2.99. The van der Waals surface area contributed by atoms with Crippen molar-refractivity contribution in [3.63, 3.8) is 0 Å². The number of rotatable bonds is 2. The van der Waals surface area contributed by atoms with E-state index >= 15 is 0 Å². The maximum Gasteiger partial charge on any atom is 0.315 e. The molecule has 0 atom stereocenters. The lowest BCUT2D eigenvalue weighted by Gasteiger charge is -2.36. The Balaban J connectivity index is 2.56. The summed E-state index contributed by atoms with van der Waals surface area (Å²) in [7, 11) is 0. The quantitative estimate of drug-likeness (QED) is 0.859. The molecule has 0 bridgehead atoms. The molecule has 0 heterocycles. The number of ketones is 1. The average molecular weight is 240 g/mol. The summed E-state index contributed by atoms with van der Waals surface area (Å²) in [5, 5.41) is 9.10. The van der Waals surface area contributed by atoms with Crippen LogP contribution < -0.4 is 0 Å². The summed E-state index contributed by atoms with van der Waals surface area (Å²) in [6.45, 7) is 1.39. The fourth-order valence-electron chi connectivity index (χ4n) is 2.09. The van der Waals surface area contributed by atoms with Crippen LogP contribution >= 0.6 is 0 Å². The van der Waals surface area contributed by atoms with Crippen LogP contribution in [0.15, 0.2) is 12.1 Å². The third-order valence-corrected chi connectivity index (χ3v) is 3.17. The largest absolute Gasteiger partial charge is 0.481 e. The summed E-state index contributed by atoms with van der Waals surface area (Å²) in [6, 6.07) is 1.84. The standard InChI is InChI=1S/C12H10F2O3/c1-6-2-10(14)8(3-9(6)13)12(11(16)17)4-7(15)5-12/h2-3H,4-5H2,1H3,(H,16,17). The van der Waals surface area contributed by atoms with Gasteiger partial charge in [0.25, 0.3) is 0 Å². The smallest absolute Gasteiger partial charge is 0.315 e. The van der Waals surface area contributed by atoms with Crippen LogP contribution in [0.5, 0.6) is 0 Å². The number of halogens is 2. The SMILES string of the molecule is Cc1cc(F)c(C2(C(=O)O)CC(=O)C2)cc1F. The van der Waals surface area contributed by atoms with E-state index in [1.165, 1.54) is 6.92 Å². The minimum atomic E-state index is -1.59. The van der Waals surface area contributed by atoms with Gasteiger partial charge in [0, 0.05) is 18.4 Å². The van der Waals surface area contributed by atoms with Crippen molar-refractivity contribution in [1.82, 2.24) is 0 Å². The molecule has 0 unspecified atom stereocenters. The molecular formula is C12H10F2O3. The molecule has 17 heavy (non-hydrogen) atoms. The predicted molar refractivity (Wildman–Crippen MR) is 54.6 cm³/mol. The number of Topliss-reactive ketones (excluding diaryl/α,β-unsaturated/α-hetero) is 1. The minimum Gasteiger partial charge on any atom is -0.481 e. The second-order valence-corrected chi connectivity index (χ2v) is 4.36. The zero-order valence-electron chi connectivity index (χ0n) is 9.09. The van der Waals surface area contributed by atoms with E-state index in [4.69, 9.17) is 5.11 Å². The number of aliphatic carboxylic acids is 1. The van der Waals surface area contributed by atoms with E-state index in [-0.39, 0.29) is 29.8 Å². The number of carbonyl (C=O) groups is 2. The van der Waals surface area contributed by atoms with Gasteiger partial charge in [-0.25, -0.2) is 8.78 Å². The molecule has 1 aromatic rings. The summed E-state index contributed by atoms with van der Waals surface area (Å²) < 4.78 is 27.1. The van der Waals surface area contributed by atoms with Crippen LogP contribution in [-0.2, 0) is 15.0 Å². The van der Waals surface area contributed by atoms with Crippen LogP contribution in [0.2, 0.25) is 0 Å². The van der Waals surface area contributed by atoms with Crippen molar-refractivity contribution in [3.05, 3.63) is 34.9 Å². The number of carbonyl (C=O) groups excluding carboxylic acids is 1. The topological polar surface area (TPSA) is 54.4 Å². The van der Waals surface area contributed by atoms with Crippen LogP contribution in [0.25, 0.3) is 0 Å². The van der Waals surface area contributed by atoms with Gasteiger partial charge in [0.2, 0.25) is 0 Å². The van der Waals surface area contributed by atoms with Gasteiger partial charge in [0.15, 0.2) is 0 Å². The van der Waals surface area contributed by atoms with Gasteiger partial charge in [0.05, 0.1) is 0 Å². The van der Waals surface area contributed by atoms with Crippen LogP contribution in [0.4, 0.5) is 8.78 Å². The van der Waals surface area contributed by atoms with Crippen molar-refractivity contribution in [2.24, 2.45) is 0 Å². The Morgan fingerprint density at radius 1 is 1.29 bits per heavy atom. The van der Waals surface area contributed by atoms with Crippen molar-refractivity contribution in [3.8, 4) is 0 Å². The molecule has 3 nitrogen and oxygen atoms in total. The van der Waals surface area contributed by atoms with E-state index in [1.807, 2.05) is 0 Å². The van der Waals surface area contributed by atoms with Gasteiger partial charge < -0.3 is 5.11 Å². The third kappa shape index (κ3) is 1.62. The van der Waals surface area contributed by atoms with Gasteiger partial charge in [-0.15, -0.1) is 0 Å². The van der Waals surface area contributed by atoms with Crippen molar-refractivity contribution in [2.75, 3.05) is 0 Å². The number of carboxylic acids is 1. The molecule has 2 rings (SSSR count). The fourth-order valence-corrected chi connectivity index (χ4v) is 2.09. The van der Waals surface area contributed by atoms with Crippen molar-refractivity contribution in [1.29, 1.82) is 0 Å². The zero-order chi connectivity index (χ0) is 12.8. The molecule has 1 saturated carbocycles. The summed E-state index contributed by atoms with van der Waals surface area (Å²) in [6.07, 6.45) is -0.552. The number of aryl methyl sites for hydroxylation is 1. The highest BCUT2D eigenvalue weighted by Gasteiger charge is 2.53. The lowest BCUT2D eigenvalue weighted by Crippen LogP contribution is -2.49. The van der Waals surface area contributed by atoms with Gasteiger partial charge in [-0.1, -0.05) is 0 Å². The normalized spacial score (nSPS) is 17.7. The molecule has 1 aliphatic rings. The lowest BCUT2D eigenvalue weighted by atomic mass is 9.63. The zero-order valence-corrected chi connectivity index (χ0v) is 9.09. The molecule has 0 spiro atoms.